The predicted molar refractivity (Wildman–Crippen MR) is 109 cm³/mol. The van der Waals surface area contributed by atoms with E-state index in [4.69, 9.17) is 24.5 Å². The number of carbonyl (C=O) groups is 3. The summed E-state index contributed by atoms with van der Waals surface area (Å²) in [6.45, 7) is 4.67. The third-order valence-corrected chi connectivity index (χ3v) is 6.60. The average Bonchev–Trinajstić information content (AvgIpc) is 3.26. The van der Waals surface area contributed by atoms with Crippen molar-refractivity contribution in [2.75, 3.05) is 44.8 Å². The van der Waals surface area contributed by atoms with Gasteiger partial charge in [-0.1, -0.05) is 6.07 Å². The molecular weight excluding hydrogens is 436 g/mol. The zero-order chi connectivity index (χ0) is 22.3. The van der Waals surface area contributed by atoms with Crippen molar-refractivity contribution in [2.45, 2.75) is 19.1 Å². The largest absolute Gasteiger partial charge is 0.473 e. The van der Waals surface area contributed by atoms with E-state index in [0.717, 1.165) is 19.6 Å². The Morgan fingerprint density at radius 2 is 1.90 bits per heavy atom. The number of likely N-dealkylation sites (tertiary alicyclic amines) is 1. The maximum absolute atomic E-state index is 12.3. The van der Waals surface area contributed by atoms with E-state index in [1.165, 1.54) is 11.1 Å². The minimum atomic E-state index is -3.10. The van der Waals surface area contributed by atoms with Crippen LogP contribution in [0.25, 0.3) is 0 Å². The van der Waals surface area contributed by atoms with Crippen LogP contribution in [0.4, 0.5) is 0 Å². The van der Waals surface area contributed by atoms with Crippen molar-refractivity contribution in [3.05, 3.63) is 22.4 Å². The van der Waals surface area contributed by atoms with Crippen molar-refractivity contribution >= 4 is 39.0 Å². The maximum Gasteiger partial charge on any atom is 0.414 e. The molecule has 2 N–H and O–H groups in total. The van der Waals surface area contributed by atoms with Crippen molar-refractivity contribution in [1.29, 1.82) is 0 Å². The highest BCUT2D eigenvalue weighted by Crippen LogP contribution is 2.25. The number of aliphatic carboxylic acids is 2. The average molecular weight is 463 g/mol. The van der Waals surface area contributed by atoms with E-state index in [2.05, 4.69) is 22.4 Å². The molecule has 168 valence electrons. The Hall–Kier alpha value is -2.02. The predicted octanol–water partition coefficient (Wildman–Crippen LogP) is -0.00240. The molecule has 30 heavy (non-hydrogen) atoms. The minimum Gasteiger partial charge on any atom is -0.473 e. The molecule has 0 spiro atoms. The Balaban J connectivity index is 0.000000469. The summed E-state index contributed by atoms with van der Waals surface area (Å²) in [5, 5.41) is 16.9. The molecule has 0 bridgehead atoms. The van der Waals surface area contributed by atoms with Crippen molar-refractivity contribution in [3.8, 4) is 0 Å². The second-order valence-electron chi connectivity index (χ2n) is 7.27. The third-order valence-electron chi connectivity index (χ3n) is 4.80. The second kappa shape index (κ2) is 10.8. The van der Waals surface area contributed by atoms with Gasteiger partial charge in [0.25, 0.3) is 0 Å². The van der Waals surface area contributed by atoms with Crippen LogP contribution in [0.5, 0.6) is 0 Å². The lowest BCUT2D eigenvalue weighted by atomic mass is 10.1. The summed E-state index contributed by atoms with van der Waals surface area (Å²) < 4.78 is 28.4. The highest BCUT2D eigenvalue weighted by atomic mass is 32.2. The number of thiophene rings is 1. The molecule has 2 saturated heterocycles. The normalized spacial score (nSPS) is 21.8. The van der Waals surface area contributed by atoms with Crippen molar-refractivity contribution < 1.29 is 37.8 Å². The molecule has 2 aliphatic heterocycles. The fourth-order valence-corrected chi connectivity index (χ4v) is 4.65. The van der Waals surface area contributed by atoms with Crippen LogP contribution in [0.1, 0.15) is 11.3 Å². The lowest BCUT2D eigenvalue weighted by molar-refractivity contribution is -0.159. The number of rotatable bonds is 5. The molecule has 2 atom stereocenters. The first-order valence-electron chi connectivity index (χ1n) is 9.33. The Kier molecular flexibility index (Phi) is 8.77. The van der Waals surface area contributed by atoms with Crippen LogP contribution in [0.15, 0.2) is 17.5 Å². The van der Waals surface area contributed by atoms with E-state index >= 15 is 0 Å². The number of sulfone groups is 1. The number of amides is 1. The first-order valence-corrected chi connectivity index (χ1v) is 12.3. The molecule has 0 unspecified atom stereocenters. The fraction of sp³-hybridized carbons (Fsp3) is 0.611. The molecule has 0 aliphatic carbocycles. The van der Waals surface area contributed by atoms with E-state index in [9.17, 15) is 13.2 Å². The Bertz CT molecular complexity index is 828. The monoisotopic (exact) mass is 462 g/mol. The summed E-state index contributed by atoms with van der Waals surface area (Å²) in [6.07, 6.45) is 1.30. The number of nitrogens with zero attached hydrogens (tertiary/aromatic N) is 2. The lowest BCUT2D eigenvalue weighted by Gasteiger charge is -2.22. The zero-order valence-electron chi connectivity index (χ0n) is 16.6. The standard InChI is InChI=1S/C16H24N2O4S2.C2H2O4/c1-24(20,21)8-4-16(19)18-10-13-9-17(5-6-22-15(13)12-18)11-14-3-2-7-23-14;3-1(4)2(5)6/h2-3,7,13,15H,4-6,8-12H2,1H3;(H,3,4)(H,5,6)/t13-,15+;/m0./s1. The number of fused-ring (bicyclic) bond motifs is 1. The lowest BCUT2D eigenvalue weighted by Crippen LogP contribution is -2.34. The smallest absolute Gasteiger partial charge is 0.414 e. The molecule has 2 fully saturated rings. The molecule has 3 rings (SSSR count). The zero-order valence-corrected chi connectivity index (χ0v) is 18.2. The Morgan fingerprint density at radius 1 is 1.20 bits per heavy atom. The quantitative estimate of drug-likeness (QED) is 0.578. The molecule has 10 nitrogen and oxygen atoms in total. The number of ether oxygens (including phenoxy) is 1. The summed E-state index contributed by atoms with van der Waals surface area (Å²) in [5.74, 6) is -3.51. The van der Waals surface area contributed by atoms with Gasteiger partial charge in [-0.05, 0) is 11.4 Å². The highest BCUT2D eigenvalue weighted by Gasteiger charge is 2.38. The van der Waals surface area contributed by atoms with Gasteiger partial charge >= 0.3 is 11.9 Å². The first-order chi connectivity index (χ1) is 14.0. The number of carbonyl (C=O) groups excluding carboxylic acids is 1. The summed E-state index contributed by atoms with van der Waals surface area (Å²) >= 11 is 1.76. The maximum atomic E-state index is 12.3. The number of carboxylic acids is 2. The van der Waals surface area contributed by atoms with Crippen LogP contribution in [0.3, 0.4) is 0 Å². The fourth-order valence-electron chi connectivity index (χ4n) is 3.36. The summed E-state index contributed by atoms with van der Waals surface area (Å²) in [4.78, 5) is 36.0. The van der Waals surface area contributed by atoms with Crippen LogP contribution in [-0.2, 0) is 35.5 Å². The third kappa shape index (κ3) is 8.01. The second-order valence-corrected chi connectivity index (χ2v) is 10.6. The number of carboxylic acid groups (broad SMARTS) is 2. The van der Waals surface area contributed by atoms with Crippen molar-refractivity contribution in [3.63, 3.8) is 0 Å². The van der Waals surface area contributed by atoms with Gasteiger partial charge in [0.15, 0.2) is 0 Å². The Morgan fingerprint density at radius 3 is 2.47 bits per heavy atom. The van der Waals surface area contributed by atoms with Gasteiger partial charge in [0.2, 0.25) is 5.91 Å². The molecule has 3 heterocycles. The van der Waals surface area contributed by atoms with Crippen LogP contribution in [0, 0.1) is 5.92 Å². The van der Waals surface area contributed by atoms with E-state index < -0.39 is 21.8 Å². The van der Waals surface area contributed by atoms with Crippen LogP contribution in [-0.4, -0.2) is 97.2 Å². The molecular formula is C18H26N2O8S2. The van der Waals surface area contributed by atoms with Gasteiger partial charge in [-0.25, -0.2) is 18.0 Å². The van der Waals surface area contributed by atoms with Gasteiger partial charge in [0, 0.05) is 56.2 Å². The van der Waals surface area contributed by atoms with Crippen LogP contribution < -0.4 is 0 Å². The van der Waals surface area contributed by atoms with Gasteiger partial charge in [-0.15, -0.1) is 11.3 Å². The molecule has 0 radical (unpaired) electrons. The van der Waals surface area contributed by atoms with Crippen molar-refractivity contribution in [2.24, 2.45) is 5.92 Å². The summed E-state index contributed by atoms with van der Waals surface area (Å²) in [5.41, 5.74) is 0. The highest BCUT2D eigenvalue weighted by molar-refractivity contribution is 7.90. The topological polar surface area (TPSA) is 142 Å². The van der Waals surface area contributed by atoms with Crippen LogP contribution in [0.2, 0.25) is 0 Å². The SMILES string of the molecule is CS(=O)(=O)CCC(=O)N1C[C@@H]2CN(Cc3cccs3)CCO[C@@H]2C1.O=C(O)C(=O)O. The van der Waals surface area contributed by atoms with Gasteiger partial charge in [0.1, 0.15) is 9.84 Å². The summed E-state index contributed by atoms with van der Waals surface area (Å²) in [7, 11) is -3.10. The molecule has 0 aromatic carbocycles. The van der Waals surface area contributed by atoms with Gasteiger partial charge in [0.05, 0.1) is 18.5 Å². The molecule has 0 saturated carbocycles. The first kappa shape index (κ1) is 24.3. The van der Waals surface area contributed by atoms with E-state index in [1.807, 2.05) is 0 Å². The number of hydrogen-bond acceptors (Lipinski definition) is 8. The van der Waals surface area contributed by atoms with Gasteiger partial charge < -0.3 is 19.8 Å². The van der Waals surface area contributed by atoms with Gasteiger partial charge in [-0.3, -0.25) is 9.69 Å². The van der Waals surface area contributed by atoms with E-state index in [-0.39, 0.29) is 24.2 Å². The molecule has 2 aliphatic rings. The van der Waals surface area contributed by atoms with Crippen LogP contribution >= 0.6 is 11.3 Å². The summed E-state index contributed by atoms with van der Waals surface area (Å²) in [6, 6.07) is 4.21. The molecule has 1 aromatic rings. The van der Waals surface area contributed by atoms with E-state index in [0.29, 0.717) is 25.6 Å². The Labute approximate surface area is 179 Å². The minimum absolute atomic E-state index is 0.0666. The molecule has 12 heteroatoms. The molecule has 1 aromatic heterocycles. The molecule has 1 amide bonds. The number of hydrogen-bond donors (Lipinski definition) is 2. The van der Waals surface area contributed by atoms with Gasteiger partial charge in [-0.2, -0.15) is 0 Å². The van der Waals surface area contributed by atoms with Crippen molar-refractivity contribution in [1.82, 2.24) is 9.80 Å². The van der Waals surface area contributed by atoms with E-state index in [1.54, 1.807) is 16.2 Å².